The number of nitrogens with zero attached hydrogens (tertiary/aromatic N) is 4. The average Bonchev–Trinajstić information content (AvgIpc) is 3.36. The van der Waals surface area contributed by atoms with E-state index in [1.165, 1.54) is 23.5 Å². The lowest BCUT2D eigenvalue weighted by molar-refractivity contribution is 0.0755. The van der Waals surface area contributed by atoms with Crippen LogP contribution >= 0.6 is 11.3 Å². The molecule has 10 heteroatoms. The smallest absolute Gasteiger partial charge is 0.265 e. The van der Waals surface area contributed by atoms with Crippen LogP contribution in [0.15, 0.2) is 48.8 Å². The van der Waals surface area contributed by atoms with E-state index >= 15 is 0 Å². The molecule has 1 saturated carbocycles. The van der Waals surface area contributed by atoms with Crippen LogP contribution in [0.1, 0.15) is 34.8 Å². The number of imidazole rings is 1. The molecule has 4 aromatic rings. The molecule has 4 heterocycles. The van der Waals surface area contributed by atoms with Gasteiger partial charge in [0, 0.05) is 54.5 Å². The van der Waals surface area contributed by atoms with E-state index in [2.05, 4.69) is 15.0 Å². The predicted octanol–water partition coefficient (Wildman–Crippen LogP) is 4.39. The molecular formula is C27H27FN6O2S. The van der Waals surface area contributed by atoms with Gasteiger partial charge in [-0.15, -0.1) is 11.3 Å². The van der Waals surface area contributed by atoms with Gasteiger partial charge < -0.3 is 20.4 Å². The van der Waals surface area contributed by atoms with Gasteiger partial charge in [0.25, 0.3) is 5.91 Å². The van der Waals surface area contributed by atoms with Crippen molar-refractivity contribution in [3.63, 3.8) is 0 Å². The summed E-state index contributed by atoms with van der Waals surface area (Å²) in [5, 5.41) is 0.710. The molecule has 2 aliphatic rings. The number of ether oxygens (including phenoxy) is 1. The van der Waals surface area contributed by atoms with E-state index in [1.807, 2.05) is 37.8 Å². The summed E-state index contributed by atoms with van der Waals surface area (Å²) in [5.74, 6) is 1.38. The molecule has 190 valence electrons. The highest BCUT2D eigenvalue weighted by molar-refractivity contribution is 7.17. The SMILES string of the molecule is Cc1nc(-c2ncc[nH]2)sc1C(=O)N1CC2C(C1)C2Oc1cc(C(C)(C)N)cc(-c2ccc(F)cc2)n1. The number of halogens is 1. The number of carbonyl (C=O) groups is 1. The van der Waals surface area contributed by atoms with Crippen LogP contribution in [-0.2, 0) is 5.54 Å². The highest BCUT2D eigenvalue weighted by Crippen LogP contribution is 2.48. The number of carbonyl (C=O) groups excluding carboxylic acids is 1. The van der Waals surface area contributed by atoms with Gasteiger partial charge in [-0.1, -0.05) is 0 Å². The van der Waals surface area contributed by atoms with Gasteiger partial charge in [0.05, 0.1) is 11.4 Å². The first-order valence-corrected chi connectivity index (χ1v) is 13.0. The van der Waals surface area contributed by atoms with Crippen molar-refractivity contribution in [3.8, 4) is 28.0 Å². The normalized spacial score (nSPS) is 20.7. The van der Waals surface area contributed by atoms with Crippen LogP contribution in [0.4, 0.5) is 4.39 Å². The Labute approximate surface area is 217 Å². The fourth-order valence-electron chi connectivity index (χ4n) is 4.88. The summed E-state index contributed by atoms with van der Waals surface area (Å²) in [4.78, 5) is 32.3. The maximum absolute atomic E-state index is 13.4. The van der Waals surface area contributed by atoms with Gasteiger partial charge in [0.1, 0.15) is 16.8 Å². The Morgan fingerprint density at radius 3 is 2.57 bits per heavy atom. The Morgan fingerprint density at radius 2 is 1.92 bits per heavy atom. The first-order chi connectivity index (χ1) is 17.7. The molecule has 2 atom stereocenters. The predicted molar refractivity (Wildman–Crippen MR) is 139 cm³/mol. The highest BCUT2D eigenvalue weighted by atomic mass is 32.1. The van der Waals surface area contributed by atoms with Crippen LogP contribution in [0, 0.1) is 24.6 Å². The minimum absolute atomic E-state index is 0.00218. The number of amides is 1. The van der Waals surface area contributed by atoms with Crippen molar-refractivity contribution in [3.05, 3.63) is 70.7 Å². The van der Waals surface area contributed by atoms with Gasteiger partial charge in [-0.3, -0.25) is 4.79 Å². The lowest BCUT2D eigenvalue weighted by Gasteiger charge is -2.22. The maximum Gasteiger partial charge on any atom is 0.265 e. The van der Waals surface area contributed by atoms with Gasteiger partial charge in [0.15, 0.2) is 10.8 Å². The number of aryl methyl sites for hydroxylation is 1. The summed E-state index contributed by atoms with van der Waals surface area (Å²) in [6, 6.07) is 10.0. The number of fused-ring (bicyclic) bond motifs is 1. The number of hydrogen-bond acceptors (Lipinski definition) is 7. The maximum atomic E-state index is 13.4. The number of nitrogens with one attached hydrogen (secondary N) is 1. The van der Waals surface area contributed by atoms with Crippen molar-refractivity contribution in [2.75, 3.05) is 13.1 Å². The van der Waals surface area contributed by atoms with E-state index in [0.717, 1.165) is 11.1 Å². The third kappa shape index (κ3) is 4.51. The Bertz CT molecular complexity index is 1450. The van der Waals surface area contributed by atoms with Gasteiger partial charge >= 0.3 is 0 Å². The second-order valence-corrected chi connectivity index (χ2v) is 11.3. The Balaban J connectivity index is 1.16. The lowest BCUT2D eigenvalue weighted by Crippen LogP contribution is -2.33. The lowest BCUT2D eigenvalue weighted by atomic mass is 9.95. The van der Waals surface area contributed by atoms with Crippen molar-refractivity contribution in [2.24, 2.45) is 17.6 Å². The molecule has 0 radical (unpaired) electrons. The standard InChI is InChI=1S/C27H27FN6O2S/c1-14-23(37-25(32-14)24-30-8-9-31-24)26(35)34-12-18-19(13-34)22(18)36-21-11-16(27(2,3)29)10-20(33-21)15-4-6-17(28)7-5-15/h4-11,18-19,22H,12-13,29H2,1-3H3,(H,30,31). The van der Waals surface area contributed by atoms with E-state index in [-0.39, 0.29) is 29.7 Å². The van der Waals surface area contributed by atoms with Crippen LogP contribution in [0.5, 0.6) is 5.88 Å². The molecule has 3 aromatic heterocycles. The molecule has 6 rings (SSSR count). The van der Waals surface area contributed by atoms with Crippen molar-refractivity contribution in [1.29, 1.82) is 0 Å². The Hall–Kier alpha value is -3.63. The first kappa shape index (κ1) is 23.7. The Kier molecular flexibility index (Phi) is 5.61. The first-order valence-electron chi connectivity index (χ1n) is 12.2. The topological polar surface area (TPSA) is 110 Å². The van der Waals surface area contributed by atoms with Crippen molar-refractivity contribution < 1.29 is 13.9 Å². The molecule has 1 aliphatic carbocycles. The van der Waals surface area contributed by atoms with Crippen molar-refractivity contribution in [2.45, 2.75) is 32.4 Å². The third-order valence-electron chi connectivity index (χ3n) is 7.04. The zero-order valence-electron chi connectivity index (χ0n) is 20.7. The summed E-state index contributed by atoms with van der Waals surface area (Å²) >= 11 is 1.36. The molecule has 1 aromatic carbocycles. The number of aromatic nitrogens is 4. The quantitative estimate of drug-likeness (QED) is 0.392. The Morgan fingerprint density at radius 1 is 1.19 bits per heavy atom. The number of piperidine rings is 1. The van der Waals surface area contributed by atoms with Gasteiger partial charge in [-0.25, -0.2) is 19.3 Å². The fraction of sp³-hybridized carbons (Fsp3) is 0.333. The molecule has 1 aliphatic heterocycles. The molecule has 1 saturated heterocycles. The summed E-state index contributed by atoms with van der Waals surface area (Å²) in [6.45, 7) is 6.97. The van der Waals surface area contributed by atoms with Crippen LogP contribution < -0.4 is 10.5 Å². The second kappa shape index (κ2) is 8.74. The second-order valence-electron chi connectivity index (χ2n) is 10.3. The zero-order valence-corrected chi connectivity index (χ0v) is 21.6. The number of nitrogens with two attached hydrogens (primary N) is 1. The summed E-state index contributed by atoms with van der Waals surface area (Å²) < 4.78 is 19.8. The molecule has 0 spiro atoms. The van der Waals surface area contributed by atoms with Crippen LogP contribution in [0.25, 0.3) is 22.1 Å². The van der Waals surface area contributed by atoms with Crippen LogP contribution in [-0.4, -0.2) is 49.9 Å². The zero-order chi connectivity index (χ0) is 25.9. The number of likely N-dealkylation sites (tertiary alicyclic amines) is 1. The number of H-pyrrole nitrogens is 1. The molecule has 2 fully saturated rings. The van der Waals surface area contributed by atoms with E-state index < -0.39 is 5.54 Å². The average molecular weight is 519 g/mol. The monoisotopic (exact) mass is 518 g/mol. The van der Waals surface area contributed by atoms with Gasteiger partial charge in [0.2, 0.25) is 5.88 Å². The van der Waals surface area contributed by atoms with E-state index in [9.17, 15) is 9.18 Å². The van der Waals surface area contributed by atoms with Gasteiger partial charge in [-0.2, -0.15) is 0 Å². The van der Waals surface area contributed by atoms with E-state index in [0.29, 0.717) is 46.1 Å². The van der Waals surface area contributed by atoms with Crippen LogP contribution in [0.2, 0.25) is 0 Å². The molecule has 0 bridgehead atoms. The summed E-state index contributed by atoms with van der Waals surface area (Å²) in [7, 11) is 0. The van der Waals surface area contributed by atoms with Gasteiger partial charge in [-0.05, 0) is 56.7 Å². The number of pyridine rings is 1. The number of rotatable bonds is 6. The number of hydrogen-bond donors (Lipinski definition) is 2. The highest BCUT2D eigenvalue weighted by Gasteiger charge is 2.59. The molecule has 37 heavy (non-hydrogen) atoms. The minimum atomic E-state index is -0.598. The largest absolute Gasteiger partial charge is 0.474 e. The summed E-state index contributed by atoms with van der Waals surface area (Å²) in [5.41, 5.74) is 8.86. The molecule has 3 N–H and O–H groups in total. The van der Waals surface area contributed by atoms with E-state index in [1.54, 1.807) is 24.5 Å². The number of thiazole rings is 1. The molecule has 8 nitrogen and oxygen atoms in total. The summed E-state index contributed by atoms with van der Waals surface area (Å²) in [6.07, 6.45) is 3.40. The van der Waals surface area contributed by atoms with Crippen LogP contribution in [0.3, 0.4) is 0 Å². The molecule has 2 unspecified atom stereocenters. The fourth-order valence-corrected chi connectivity index (χ4v) is 5.87. The number of aromatic amines is 1. The molecular weight excluding hydrogens is 491 g/mol. The third-order valence-corrected chi connectivity index (χ3v) is 8.19. The van der Waals surface area contributed by atoms with Crippen molar-refractivity contribution in [1.82, 2.24) is 24.8 Å². The van der Waals surface area contributed by atoms with Crippen molar-refractivity contribution >= 4 is 17.2 Å². The number of benzene rings is 1. The minimum Gasteiger partial charge on any atom is -0.474 e. The van der Waals surface area contributed by atoms with E-state index in [4.69, 9.17) is 15.5 Å². The molecule has 1 amide bonds.